The smallest absolute Gasteiger partial charge is 0.394 e. The third kappa shape index (κ3) is 9.45. The predicted octanol–water partition coefficient (Wildman–Crippen LogP) is -5.56. The van der Waals surface area contributed by atoms with Crippen LogP contribution in [0.15, 0.2) is 21.9 Å². The maximum Gasteiger partial charge on any atom is 0.483 e. The molecule has 2 radical (unpaired) electrons. The van der Waals surface area contributed by atoms with E-state index in [-0.39, 0.29) is 103 Å². The van der Waals surface area contributed by atoms with E-state index in [0.29, 0.717) is 0 Å². The molecule has 3 heterocycles. The van der Waals surface area contributed by atoms with Gasteiger partial charge >= 0.3 is 21.3 Å². The third-order valence-electron chi connectivity index (χ3n) is 5.16. The molecule has 0 bridgehead atoms. The van der Waals surface area contributed by atoms with Crippen LogP contribution in [0.2, 0.25) is 0 Å². The monoisotopic (exact) mass is 644 g/mol. The average molecular weight is 644 g/mol. The molecule has 11 atom stereocenters. The van der Waals surface area contributed by atoms with Crippen LogP contribution < -0.4 is 11.2 Å². The molecule has 1 aromatic heterocycles. The van der Waals surface area contributed by atoms with E-state index in [1.165, 1.54) is 0 Å². The number of rotatable bonds is 9. The summed E-state index contributed by atoms with van der Waals surface area (Å²) in [5.41, 5.74) is -1.75. The van der Waals surface area contributed by atoms with Crippen molar-refractivity contribution in [1.29, 1.82) is 0 Å². The zero-order valence-corrected chi connectivity index (χ0v) is 27.9. The van der Waals surface area contributed by atoms with E-state index in [9.17, 15) is 54.0 Å². The molecular weight excluding hydrogens is 620 g/mol. The maximum absolute atomic E-state index is 12.2. The van der Waals surface area contributed by atoms with Gasteiger partial charge in [-0.25, -0.2) is 13.9 Å². The molecular formula is C15H24K2N2O17P2. The Hall–Kier alpha value is 1.89. The summed E-state index contributed by atoms with van der Waals surface area (Å²) >= 11 is 0. The van der Waals surface area contributed by atoms with E-state index >= 15 is 0 Å². The van der Waals surface area contributed by atoms with Crippen LogP contribution in [0, 0.1) is 0 Å². The molecule has 208 valence electrons. The van der Waals surface area contributed by atoms with Crippen molar-refractivity contribution < 1.29 is 72.4 Å². The van der Waals surface area contributed by atoms with E-state index in [1.807, 2.05) is 4.98 Å². The molecule has 2 saturated heterocycles. The molecule has 2 fully saturated rings. The molecule has 2 aliphatic rings. The molecule has 0 spiro atoms. The Kier molecular flexibility index (Phi) is 15.5. The van der Waals surface area contributed by atoms with Crippen LogP contribution in [0.1, 0.15) is 6.23 Å². The first kappa shape index (κ1) is 37.9. The normalized spacial score (nSPS) is 36.4. The zero-order valence-electron chi connectivity index (χ0n) is 19.9. The Bertz CT molecular complexity index is 1140. The van der Waals surface area contributed by atoms with E-state index in [0.717, 1.165) is 16.8 Å². The number of aromatic amines is 1. The van der Waals surface area contributed by atoms with Gasteiger partial charge in [-0.2, -0.15) is 4.31 Å². The van der Waals surface area contributed by atoms with Crippen molar-refractivity contribution in [1.82, 2.24) is 9.55 Å². The second-order valence-corrected chi connectivity index (χ2v) is 10.7. The average Bonchev–Trinajstić information content (AvgIpc) is 3.06. The van der Waals surface area contributed by atoms with Crippen LogP contribution in [0.25, 0.3) is 0 Å². The maximum atomic E-state index is 12.2. The van der Waals surface area contributed by atoms with Gasteiger partial charge in [0.05, 0.1) is 13.2 Å². The van der Waals surface area contributed by atoms with Crippen molar-refractivity contribution in [2.24, 2.45) is 0 Å². The van der Waals surface area contributed by atoms with Gasteiger partial charge < -0.3 is 49.9 Å². The van der Waals surface area contributed by atoms with Gasteiger partial charge in [0.2, 0.25) is 0 Å². The molecule has 3 rings (SSSR count). The first-order chi connectivity index (χ1) is 16.7. The van der Waals surface area contributed by atoms with E-state index in [2.05, 4.69) is 13.4 Å². The predicted molar refractivity (Wildman–Crippen MR) is 120 cm³/mol. The van der Waals surface area contributed by atoms with Gasteiger partial charge in [-0.3, -0.25) is 23.4 Å². The van der Waals surface area contributed by atoms with Crippen LogP contribution in [-0.2, 0) is 32.0 Å². The summed E-state index contributed by atoms with van der Waals surface area (Å²) in [5.74, 6) is 0. The molecule has 11 unspecified atom stereocenters. The molecule has 1 aromatic rings. The van der Waals surface area contributed by atoms with Crippen LogP contribution in [0.4, 0.5) is 0 Å². The number of phosphoric ester groups is 2. The van der Waals surface area contributed by atoms with Gasteiger partial charge in [0.1, 0.15) is 42.7 Å². The summed E-state index contributed by atoms with van der Waals surface area (Å²) < 4.78 is 48.1. The fourth-order valence-corrected chi connectivity index (χ4v) is 5.51. The Morgan fingerprint density at radius 1 is 0.895 bits per heavy atom. The van der Waals surface area contributed by atoms with Gasteiger partial charge in [-0.05, 0) is 0 Å². The minimum atomic E-state index is -5.59. The molecule has 19 nitrogen and oxygen atoms in total. The van der Waals surface area contributed by atoms with E-state index in [1.54, 1.807) is 0 Å². The van der Waals surface area contributed by atoms with Crippen LogP contribution in [0.5, 0.6) is 0 Å². The Balaban J connectivity index is 0.00000361. The second-order valence-electron chi connectivity index (χ2n) is 7.68. The number of H-pyrrole nitrogens is 1. The Morgan fingerprint density at radius 3 is 2.08 bits per heavy atom. The zero-order chi connectivity index (χ0) is 27.0. The Morgan fingerprint density at radius 2 is 1.50 bits per heavy atom. The van der Waals surface area contributed by atoms with Crippen LogP contribution >= 0.6 is 15.6 Å². The topological polar surface area (TPSA) is 297 Å². The molecule has 0 aliphatic carbocycles. The van der Waals surface area contributed by atoms with Crippen LogP contribution in [0.3, 0.4) is 0 Å². The van der Waals surface area contributed by atoms with E-state index in [4.69, 9.17) is 14.6 Å². The number of nitrogens with zero attached hydrogens (tertiary/aromatic N) is 1. The number of hydrogen-bond donors (Lipinski definition) is 9. The molecule has 2 aliphatic heterocycles. The van der Waals surface area contributed by atoms with Crippen molar-refractivity contribution in [3.63, 3.8) is 0 Å². The summed E-state index contributed by atoms with van der Waals surface area (Å²) in [7, 11) is -11.1. The first-order valence-electron chi connectivity index (χ1n) is 9.99. The van der Waals surface area contributed by atoms with E-state index < -0.39 is 95.4 Å². The van der Waals surface area contributed by atoms with Crippen molar-refractivity contribution in [3.8, 4) is 0 Å². The quantitative estimate of drug-likeness (QED) is 0.0894. The summed E-state index contributed by atoms with van der Waals surface area (Å²) in [6.07, 6.45) is -15.4. The molecule has 23 heteroatoms. The molecule has 9 N–H and O–H groups in total. The first-order valence-corrected chi connectivity index (χ1v) is 13.0. The molecule has 38 heavy (non-hydrogen) atoms. The summed E-state index contributed by atoms with van der Waals surface area (Å²) in [6.45, 7) is -1.93. The number of nitrogens with one attached hydrogen (secondary N) is 1. The van der Waals surface area contributed by atoms with Gasteiger partial charge in [-0.15, -0.1) is 0 Å². The summed E-state index contributed by atoms with van der Waals surface area (Å²) in [5, 5.41) is 58.6. The standard InChI is InChI=1S/C15H24N2O17P2.2K/c18-3-5-8(20)10(22)12(24)14(32-5)33-36(28,29)34-35(26,27)30-4-6-9(21)11(23)13(31-6)17-2-1-7(19)16-15(17)25;;/h1-2,5-6,8-14,18,20-24H,3-4H2,(H,26,27)(H,28,29)(H,16,19,25);;. The minimum absolute atomic E-state index is 0. The number of hydrogen-bond acceptors (Lipinski definition) is 15. The Labute approximate surface area is 297 Å². The number of aliphatic hydroxyl groups excluding tert-OH is 6. The fraction of sp³-hybridized carbons (Fsp3) is 0.733. The van der Waals surface area contributed by atoms with Crippen molar-refractivity contribution in [2.75, 3.05) is 13.2 Å². The molecule has 0 amide bonds. The SMILES string of the molecule is O=c1ccn(C2OC(COP(=O)(O)OP(=O)(O)OC3OC(CO)C(O)C(O)C3O)C(O)C2O)c(=O)[nH]1.[K].[K]. The number of aliphatic hydroxyl groups is 6. The number of aromatic nitrogens is 2. The molecule has 0 saturated carbocycles. The van der Waals surface area contributed by atoms with Gasteiger partial charge in [0.25, 0.3) is 5.56 Å². The summed E-state index contributed by atoms with van der Waals surface area (Å²) in [4.78, 5) is 44.5. The van der Waals surface area contributed by atoms with Crippen molar-refractivity contribution in [2.45, 2.75) is 55.2 Å². The largest absolute Gasteiger partial charge is 0.483 e. The third-order valence-corrected chi connectivity index (χ3v) is 7.76. The van der Waals surface area contributed by atoms with Gasteiger partial charge in [0.15, 0.2) is 12.5 Å². The van der Waals surface area contributed by atoms with Gasteiger partial charge in [-0.1, -0.05) is 0 Å². The fourth-order valence-electron chi connectivity index (χ4n) is 3.35. The second kappa shape index (κ2) is 15.6. The van der Waals surface area contributed by atoms with Gasteiger partial charge in [0, 0.05) is 115 Å². The summed E-state index contributed by atoms with van der Waals surface area (Å²) in [6, 6.07) is 0.928. The van der Waals surface area contributed by atoms with Crippen LogP contribution in [-0.4, -0.2) is 215 Å². The minimum Gasteiger partial charge on any atom is -0.394 e. The number of ether oxygens (including phenoxy) is 2. The number of phosphoric acid groups is 2. The molecule has 0 aromatic carbocycles. The van der Waals surface area contributed by atoms with Crippen molar-refractivity contribution in [3.05, 3.63) is 33.1 Å². The van der Waals surface area contributed by atoms with Crippen molar-refractivity contribution >= 4 is 118 Å².